The molecular weight excluding hydrogens is 175 g/mol. The molecule has 0 amide bonds. The van der Waals surface area contributed by atoms with Crippen molar-refractivity contribution in [1.82, 2.24) is 9.03 Å². The number of hydrogen-bond donors (Lipinski definition) is 1. The molecule has 64 valence electrons. The van der Waals surface area contributed by atoms with Crippen LogP contribution in [0, 0.1) is 0 Å². The Kier molecular flexibility index (Phi) is 8.37. The van der Waals surface area contributed by atoms with Gasteiger partial charge in [0.05, 0.1) is 0 Å². The number of nitrogens with zero attached hydrogens (tertiary/aromatic N) is 1. The van der Waals surface area contributed by atoms with Gasteiger partial charge in [0.25, 0.3) is 10.2 Å². The SMILES string of the molecule is CCN(CC)S(=O)(=O)NC.[NaH]. The zero-order valence-electron chi connectivity index (χ0n) is 6.59. The third kappa shape index (κ3) is 4.45. The molecule has 0 saturated heterocycles. The van der Waals surface area contributed by atoms with Gasteiger partial charge in [0, 0.05) is 20.1 Å². The molecule has 11 heavy (non-hydrogen) atoms. The summed E-state index contributed by atoms with van der Waals surface area (Å²) in [6.45, 7) is 4.64. The van der Waals surface area contributed by atoms with E-state index in [1.165, 1.54) is 11.4 Å². The van der Waals surface area contributed by atoms with Gasteiger partial charge >= 0.3 is 29.6 Å². The van der Waals surface area contributed by atoms with E-state index in [0.717, 1.165) is 0 Å². The van der Waals surface area contributed by atoms with Gasteiger partial charge in [-0.3, -0.25) is 0 Å². The first-order valence-corrected chi connectivity index (χ1v) is 4.71. The quantitative estimate of drug-likeness (QED) is 0.587. The molecule has 0 fully saturated rings. The van der Waals surface area contributed by atoms with E-state index < -0.39 is 10.2 Å². The van der Waals surface area contributed by atoms with Gasteiger partial charge in [-0.25, -0.2) is 4.72 Å². The summed E-state index contributed by atoms with van der Waals surface area (Å²) in [5.74, 6) is 0. The summed E-state index contributed by atoms with van der Waals surface area (Å²) >= 11 is 0. The molecule has 0 aliphatic heterocycles. The first-order chi connectivity index (χ1) is 4.58. The molecule has 0 spiro atoms. The molecule has 0 bridgehead atoms. The fraction of sp³-hybridized carbons (Fsp3) is 1.00. The summed E-state index contributed by atoms with van der Waals surface area (Å²) in [5.41, 5.74) is 0. The van der Waals surface area contributed by atoms with Gasteiger partial charge in [-0.15, -0.1) is 0 Å². The fourth-order valence-corrected chi connectivity index (χ4v) is 1.63. The van der Waals surface area contributed by atoms with Crippen LogP contribution in [0.15, 0.2) is 0 Å². The van der Waals surface area contributed by atoms with Gasteiger partial charge in [-0.1, -0.05) is 13.8 Å². The van der Waals surface area contributed by atoms with Crippen molar-refractivity contribution in [3.8, 4) is 0 Å². The van der Waals surface area contributed by atoms with Crippen LogP contribution in [0.2, 0.25) is 0 Å². The van der Waals surface area contributed by atoms with Crippen molar-refractivity contribution < 1.29 is 8.42 Å². The Morgan fingerprint density at radius 2 is 1.64 bits per heavy atom. The molecule has 0 atom stereocenters. The van der Waals surface area contributed by atoms with Crippen molar-refractivity contribution in [2.45, 2.75) is 13.8 Å². The molecule has 0 aromatic heterocycles. The zero-order chi connectivity index (χ0) is 8.20. The fourth-order valence-electron chi connectivity index (χ4n) is 0.693. The zero-order valence-corrected chi connectivity index (χ0v) is 7.40. The Bertz CT molecular complexity index is 177. The number of rotatable bonds is 4. The maximum absolute atomic E-state index is 11.0. The van der Waals surface area contributed by atoms with Gasteiger partial charge in [-0.05, 0) is 0 Å². The molecule has 0 heterocycles. The Hall–Kier alpha value is 0.870. The van der Waals surface area contributed by atoms with Gasteiger partial charge in [-0.2, -0.15) is 12.7 Å². The van der Waals surface area contributed by atoms with Crippen molar-refractivity contribution in [3.05, 3.63) is 0 Å². The monoisotopic (exact) mass is 190 g/mol. The second-order valence-corrected chi connectivity index (χ2v) is 3.67. The minimum absolute atomic E-state index is 0. The summed E-state index contributed by atoms with van der Waals surface area (Å²) < 4.78 is 25.5. The van der Waals surface area contributed by atoms with Crippen LogP contribution in [-0.2, 0) is 10.2 Å². The van der Waals surface area contributed by atoms with Crippen LogP contribution in [0.25, 0.3) is 0 Å². The molecule has 6 heteroatoms. The van der Waals surface area contributed by atoms with Crippen molar-refractivity contribution in [3.63, 3.8) is 0 Å². The summed E-state index contributed by atoms with van der Waals surface area (Å²) in [4.78, 5) is 0. The summed E-state index contributed by atoms with van der Waals surface area (Å²) in [6.07, 6.45) is 0. The summed E-state index contributed by atoms with van der Waals surface area (Å²) in [7, 11) is -1.77. The number of nitrogens with one attached hydrogen (secondary N) is 1. The average molecular weight is 190 g/mol. The van der Waals surface area contributed by atoms with E-state index >= 15 is 0 Å². The normalized spacial score (nSPS) is 11.3. The van der Waals surface area contributed by atoms with Crippen molar-refractivity contribution in [2.75, 3.05) is 20.1 Å². The average Bonchev–Trinajstić information content (AvgIpc) is 1.90. The number of hydrogen-bond acceptors (Lipinski definition) is 2. The van der Waals surface area contributed by atoms with E-state index in [-0.39, 0.29) is 29.6 Å². The molecule has 1 N–H and O–H groups in total. The van der Waals surface area contributed by atoms with E-state index in [2.05, 4.69) is 4.72 Å². The van der Waals surface area contributed by atoms with Crippen molar-refractivity contribution in [2.24, 2.45) is 0 Å². The van der Waals surface area contributed by atoms with Crippen LogP contribution in [0.3, 0.4) is 0 Å². The predicted octanol–water partition coefficient (Wildman–Crippen LogP) is -0.856. The van der Waals surface area contributed by atoms with E-state index in [4.69, 9.17) is 0 Å². The molecule has 0 radical (unpaired) electrons. The van der Waals surface area contributed by atoms with Crippen LogP contribution < -0.4 is 4.72 Å². The van der Waals surface area contributed by atoms with Gasteiger partial charge in [0.15, 0.2) is 0 Å². The minimum atomic E-state index is -3.18. The Labute approximate surface area is 90.8 Å². The molecule has 0 unspecified atom stereocenters. The van der Waals surface area contributed by atoms with Crippen molar-refractivity contribution in [1.29, 1.82) is 0 Å². The van der Waals surface area contributed by atoms with Crippen LogP contribution in [0.1, 0.15) is 13.8 Å². The Balaban J connectivity index is 0. The third-order valence-corrected chi connectivity index (χ3v) is 3.02. The first kappa shape index (κ1) is 14.4. The van der Waals surface area contributed by atoms with E-state index in [1.54, 1.807) is 13.8 Å². The topological polar surface area (TPSA) is 49.4 Å². The summed E-state index contributed by atoms with van der Waals surface area (Å²) in [5, 5.41) is 0. The van der Waals surface area contributed by atoms with Gasteiger partial charge < -0.3 is 0 Å². The summed E-state index contributed by atoms with van der Waals surface area (Å²) in [6, 6.07) is 0. The molecule has 0 rings (SSSR count). The van der Waals surface area contributed by atoms with Crippen LogP contribution in [0.4, 0.5) is 0 Å². The second kappa shape index (κ2) is 6.39. The molecule has 0 aromatic rings. The van der Waals surface area contributed by atoms with E-state index in [1.807, 2.05) is 0 Å². The molecule has 0 aliphatic carbocycles. The van der Waals surface area contributed by atoms with Crippen LogP contribution in [-0.4, -0.2) is 62.4 Å². The predicted molar refractivity (Wildman–Crippen MR) is 48.0 cm³/mol. The van der Waals surface area contributed by atoms with Crippen LogP contribution in [0.5, 0.6) is 0 Å². The second-order valence-electron chi connectivity index (χ2n) is 1.79. The molecule has 4 nitrogen and oxygen atoms in total. The van der Waals surface area contributed by atoms with E-state index in [0.29, 0.717) is 13.1 Å². The molecule has 0 aromatic carbocycles. The van der Waals surface area contributed by atoms with Gasteiger partial charge in [0.2, 0.25) is 0 Å². The Morgan fingerprint density at radius 3 is 1.73 bits per heavy atom. The van der Waals surface area contributed by atoms with Crippen molar-refractivity contribution >= 4 is 39.8 Å². The van der Waals surface area contributed by atoms with E-state index in [9.17, 15) is 8.42 Å². The molecule has 0 saturated carbocycles. The maximum atomic E-state index is 11.0. The molecule has 0 aliphatic rings. The van der Waals surface area contributed by atoms with Gasteiger partial charge in [0.1, 0.15) is 0 Å². The standard InChI is InChI=1S/C5H14N2O2S.Na.H/c1-4-7(5-2)10(8,9)6-3;;/h6H,4-5H2,1-3H3;;. The van der Waals surface area contributed by atoms with Crippen LogP contribution >= 0.6 is 0 Å². The first-order valence-electron chi connectivity index (χ1n) is 3.27. The Morgan fingerprint density at radius 1 is 1.27 bits per heavy atom. The third-order valence-electron chi connectivity index (χ3n) is 1.30. The molecular formula is C5H15N2NaO2S.